The highest BCUT2D eigenvalue weighted by atomic mass is 35.5. The van der Waals surface area contributed by atoms with E-state index < -0.39 is 0 Å². The van der Waals surface area contributed by atoms with Gasteiger partial charge in [0.15, 0.2) is 0 Å². The van der Waals surface area contributed by atoms with Crippen LogP contribution in [0.1, 0.15) is 12.0 Å². The summed E-state index contributed by atoms with van der Waals surface area (Å²) in [4.78, 5) is 9.22. The van der Waals surface area contributed by atoms with Gasteiger partial charge in [-0.1, -0.05) is 11.6 Å². The molecule has 1 aromatic carbocycles. The van der Waals surface area contributed by atoms with Crippen LogP contribution < -0.4 is 4.90 Å². The lowest BCUT2D eigenvalue weighted by Crippen LogP contribution is -2.48. The second kappa shape index (κ2) is 7.17. The van der Waals surface area contributed by atoms with Crippen LogP contribution in [-0.4, -0.2) is 55.8 Å². The lowest BCUT2D eigenvalue weighted by Gasteiger charge is -2.37. The monoisotopic (exact) mass is 356 g/mol. The topological polar surface area (TPSA) is 52.4 Å². The second-order valence-electron chi connectivity index (χ2n) is 6.81. The average Bonchev–Trinajstić information content (AvgIpc) is 3.14. The number of hydrogen-bond donors (Lipinski definition) is 0. The molecule has 6 heteroatoms. The molecule has 1 atom stereocenters. The van der Waals surface area contributed by atoms with E-state index >= 15 is 0 Å². The first kappa shape index (κ1) is 16.6. The number of anilines is 1. The SMILES string of the molecule is N#Cc1cnc2ccc(Cl)cc2c1N1CCN(CC2CCOC2)CC1. The van der Waals surface area contributed by atoms with Gasteiger partial charge in [-0.3, -0.25) is 9.88 Å². The minimum Gasteiger partial charge on any atom is -0.381 e. The van der Waals surface area contributed by atoms with Gasteiger partial charge in [-0.25, -0.2) is 0 Å². The quantitative estimate of drug-likeness (QED) is 0.846. The Morgan fingerprint density at radius 1 is 1.28 bits per heavy atom. The molecule has 2 aliphatic heterocycles. The van der Waals surface area contributed by atoms with Crippen LogP contribution in [0.25, 0.3) is 10.9 Å². The molecule has 25 heavy (non-hydrogen) atoms. The standard InChI is InChI=1S/C19H21ClN4O/c20-16-1-2-18-17(9-16)19(15(10-21)11-22-18)24-6-4-23(5-7-24)12-14-3-8-25-13-14/h1-2,9,11,14H,3-8,12-13H2. The molecule has 2 fully saturated rings. The van der Waals surface area contributed by atoms with Crippen molar-refractivity contribution in [3.05, 3.63) is 35.0 Å². The van der Waals surface area contributed by atoms with Gasteiger partial charge in [0.1, 0.15) is 6.07 Å². The summed E-state index contributed by atoms with van der Waals surface area (Å²) in [6, 6.07) is 7.97. The molecule has 0 spiro atoms. The van der Waals surface area contributed by atoms with Gasteiger partial charge < -0.3 is 9.64 Å². The van der Waals surface area contributed by atoms with Crippen LogP contribution in [0, 0.1) is 17.2 Å². The molecule has 130 valence electrons. The van der Waals surface area contributed by atoms with Crippen LogP contribution in [0.3, 0.4) is 0 Å². The summed E-state index contributed by atoms with van der Waals surface area (Å²) in [7, 11) is 0. The first-order valence-corrected chi connectivity index (χ1v) is 9.16. The summed E-state index contributed by atoms with van der Waals surface area (Å²) in [6.45, 7) is 6.74. The zero-order valence-electron chi connectivity index (χ0n) is 14.1. The fraction of sp³-hybridized carbons (Fsp3) is 0.474. The Kier molecular flexibility index (Phi) is 4.76. The summed E-state index contributed by atoms with van der Waals surface area (Å²) in [6.07, 6.45) is 2.85. The van der Waals surface area contributed by atoms with Crippen molar-refractivity contribution < 1.29 is 4.74 Å². The van der Waals surface area contributed by atoms with Gasteiger partial charge in [0, 0.05) is 55.9 Å². The van der Waals surface area contributed by atoms with Crippen molar-refractivity contribution in [2.75, 3.05) is 50.8 Å². The number of nitriles is 1. The highest BCUT2D eigenvalue weighted by Gasteiger charge is 2.25. The number of benzene rings is 1. The van der Waals surface area contributed by atoms with Gasteiger partial charge in [0.05, 0.1) is 23.4 Å². The Hall–Kier alpha value is -1.87. The zero-order valence-corrected chi connectivity index (χ0v) is 14.9. The molecule has 2 aromatic rings. The molecule has 2 saturated heterocycles. The number of piperazine rings is 1. The van der Waals surface area contributed by atoms with E-state index in [1.165, 1.54) is 6.42 Å². The molecule has 0 N–H and O–H groups in total. The summed E-state index contributed by atoms with van der Waals surface area (Å²) in [5.41, 5.74) is 2.47. The summed E-state index contributed by atoms with van der Waals surface area (Å²) < 4.78 is 5.49. The molecule has 0 aliphatic carbocycles. The Morgan fingerprint density at radius 3 is 2.84 bits per heavy atom. The predicted molar refractivity (Wildman–Crippen MR) is 99.0 cm³/mol. The van der Waals surface area contributed by atoms with Gasteiger partial charge in [-0.2, -0.15) is 5.26 Å². The first-order chi connectivity index (χ1) is 12.2. The van der Waals surface area contributed by atoms with Crippen LogP contribution in [0.2, 0.25) is 5.02 Å². The second-order valence-corrected chi connectivity index (χ2v) is 7.25. The molecule has 3 heterocycles. The molecule has 0 bridgehead atoms. The van der Waals surface area contributed by atoms with Crippen LogP contribution in [-0.2, 0) is 4.74 Å². The maximum Gasteiger partial charge on any atom is 0.103 e. The van der Waals surface area contributed by atoms with Gasteiger partial charge in [0.25, 0.3) is 0 Å². The molecule has 1 aromatic heterocycles. The third-order valence-corrected chi connectivity index (χ3v) is 5.39. The van der Waals surface area contributed by atoms with Gasteiger partial charge >= 0.3 is 0 Å². The minimum atomic E-state index is 0.618. The smallest absolute Gasteiger partial charge is 0.103 e. The maximum absolute atomic E-state index is 9.55. The number of aromatic nitrogens is 1. The van der Waals surface area contributed by atoms with Crippen molar-refractivity contribution in [2.45, 2.75) is 6.42 Å². The number of halogens is 1. The molecule has 0 amide bonds. The molecule has 4 rings (SSSR count). The van der Waals surface area contributed by atoms with E-state index in [1.54, 1.807) is 6.20 Å². The molecule has 2 aliphatic rings. The van der Waals surface area contributed by atoms with Gasteiger partial charge in [-0.15, -0.1) is 0 Å². The van der Waals surface area contributed by atoms with Crippen LogP contribution in [0.4, 0.5) is 5.69 Å². The predicted octanol–water partition coefficient (Wildman–Crippen LogP) is 2.92. The lowest BCUT2D eigenvalue weighted by molar-refractivity contribution is 0.164. The average molecular weight is 357 g/mol. The third kappa shape index (κ3) is 3.43. The first-order valence-electron chi connectivity index (χ1n) is 8.78. The van der Waals surface area contributed by atoms with Crippen molar-refractivity contribution in [3.8, 4) is 6.07 Å². The lowest BCUT2D eigenvalue weighted by atomic mass is 10.1. The van der Waals surface area contributed by atoms with Gasteiger partial charge in [-0.05, 0) is 30.5 Å². The Labute approximate surface area is 152 Å². The Balaban J connectivity index is 1.56. The number of ether oxygens (including phenoxy) is 1. The maximum atomic E-state index is 9.55. The van der Waals surface area contributed by atoms with E-state index in [0.717, 1.165) is 62.5 Å². The van der Waals surface area contributed by atoms with Gasteiger partial charge in [0.2, 0.25) is 0 Å². The number of nitrogens with zero attached hydrogens (tertiary/aromatic N) is 4. The molecule has 5 nitrogen and oxygen atoms in total. The van der Waals surface area contributed by atoms with Crippen LogP contribution in [0.15, 0.2) is 24.4 Å². The summed E-state index contributed by atoms with van der Waals surface area (Å²) in [5.74, 6) is 0.668. The van der Waals surface area contributed by atoms with Crippen molar-refractivity contribution in [3.63, 3.8) is 0 Å². The highest BCUT2D eigenvalue weighted by Crippen LogP contribution is 2.32. The normalized spacial score (nSPS) is 21.6. The van der Waals surface area contributed by atoms with E-state index in [2.05, 4.69) is 20.9 Å². The largest absolute Gasteiger partial charge is 0.381 e. The highest BCUT2D eigenvalue weighted by molar-refractivity contribution is 6.31. The van der Waals surface area contributed by atoms with E-state index in [-0.39, 0.29) is 0 Å². The summed E-state index contributed by atoms with van der Waals surface area (Å²) in [5, 5.41) is 11.2. The number of fused-ring (bicyclic) bond motifs is 1. The fourth-order valence-electron chi connectivity index (χ4n) is 3.82. The Bertz CT molecular complexity index is 805. The third-order valence-electron chi connectivity index (χ3n) is 5.15. The number of pyridine rings is 1. The van der Waals surface area contributed by atoms with Crippen LogP contribution >= 0.6 is 11.6 Å². The molecule has 0 saturated carbocycles. The molecule has 0 radical (unpaired) electrons. The molecular formula is C19H21ClN4O. The van der Waals surface area contributed by atoms with Crippen LogP contribution in [0.5, 0.6) is 0 Å². The number of hydrogen-bond acceptors (Lipinski definition) is 5. The van der Waals surface area contributed by atoms with E-state index in [9.17, 15) is 5.26 Å². The van der Waals surface area contributed by atoms with E-state index in [4.69, 9.17) is 16.3 Å². The Morgan fingerprint density at radius 2 is 2.12 bits per heavy atom. The molecule has 1 unspecified atom stereocenters. The molecular weight excluding hydrogens is 336 g/mol. The van der Waals surface area contributed by atoms with E-state index in [0.29, 0.717) is 16.5 Å². The zero-order chi connectivity index (χ0) is 17.2. The van der Waals surface area contributed by atoms with Crippen molar-refractivity contribution in [2.24, 2.45) is 5.92 Å². The van der Waals surface area contributed by atoms with E-state index in [1.807, 2.05) is 18.2 Å². The minimum absolute atomic E-state index is 0.618. The number of rotatable bonds is 3. The summed E-state index contributed by atoms with van der Waals surface area (Å²) >= 11 is 6.19. The van der Waals surface area contributed by atoms with Crippen molar-refractivity contribution in [1.29, 1.82) is 5.26 Å². The fourth-order valence-corrected chi connectivity index (χ4v) is 3.99. The van der Waals surface area contributed by atoms with Crippen molar-refractivity contribution >= 4 is 28.2 Å². The van der Waals surface area contributed by atoms with Crippen molar-refractivity contribution in [1.82, 2.24) is 9.88 Å².